The Labute approximate surface area is 141 Å². The minimum atomic E-state index is -0.589. The van der Waals surface area contributed by atoms with Crippen LogP contribution in [-0.4, -0.2) is 37.8 Å². The van der Waals surface area contributed by atoms with Gasteiger partial charge in [0.15, 0.2) is 10.8 Å². The van der Waals surface area contributed by atoms with Crippen LogP contribution < -0.4 is 5.56 Å². The van der Waals surface area contributed by atoms with Crippen LogP contribution in [0, 0.1) is 6.92 Å². The van der Waals surface area contributed by atoms with Crippen LogP contribution in [0.5, 0.6) is 0 Å². The van der Waals surface area contributed by atoms with Gasteiger partial charge in [-0.25, -0.2) is 14.8 Å². The molecule has 0 saturated heterocycles. The summed E-state index contributed by atoms with van der Waals surface area (Å²) < 4.78 is 6.44. The number of aryl methyl sites for hydroxylation is 2. The maximum absolute atomic E-state index is 12.4. The Bertz CT molecular complexity index is 979. The first-order valence-corrected chi connectivity index (χ1v) is 8.07. The fraction of sp³-hybridized carbons (Fsp3) is 0.267. The molecule has 0 saturated carbocycles. The molecule has 0 atom stereocenters. The first-order chi connectivity index (χ1) is 11.5. The number of thioether (sulfide) groups is 1. The highest BCUT2D eigenvalue weighted by atomic mass is 32.2. The highest BCUT2D eigenvalue weighted by molar-refractivity contribution is 7.98. The second-order valence-corrected chi connectivity index (χ2v) is 6.15. The van der Waals surface area contributed by atoms with E-state index in [1.54, 1.807) is 17.8 Å². The molecule has 9 heteroatoms. The average molecular weight is 345 g/mol. The van der Waals surface area contributed by atoms with E-state index in [2.05, 4.69) is 20.1 Å². The van der Waals surface area contributed by atoms with Crippen molar-refractivity contribution in [3.8, 4) is 0 Å². The van der Waals surface area contributed by atoms with E-state index in [1.807, 2.05) is 13.2 Å². The van der Waals surface area contributed by atoms with Gasteiger partial charge in [0.2, 0.25) is 0 Å². The van der Waals surface area contributed by atoms with E-state index in [-0.39, 0.29) is 16.6 Å². The number of nitrogens with one attached hydrogen (secondary N) is 1. The number of nitrogens with zero attached hydrogens (tertiary/aromatic N) is 4. The van der Waals surface area contributed by atoms with Crippen LogP contribution >= 0.6 is 11.8 Å². The maximum Gasteiger partial charge on any atom is 0.338 e. The second-order valence-electron chi connectivity index (χ2n) is 5.18. The summed E-state index contributed by atoms with van der Waals surface area (Å²) in [5, 5.41) is 4.67. The van der Waals surface area contributed by atoms with Gasteiger partial charge in [-0.15, -0.1) is 0 Å². The first-order valence-electron chi connectivity index (χ1n) is 7.08. The van der Waals surface area contributed by atoms with Gasteiger partial charge in [-0.3, -0.25) is 9.48 Å². The van der Waals surface area contributed by atoms with Crippen LogP contribution in [-0.2, 0) is 17.5 Å². The van der Waals surface area contributed by atoms with Gasteiger partial charge in [0.05, 0.1) is 24.3 Å². The zero-order valence-electron chi connectivity index (χ0n) is 13.4. The molecular formula is C15H15N5O3S. The van der Waals surface area contributed by atoms with Crippen molar-refractivity contribution in [2.24, 2.45) is 7.05 Å². The summed E-state index contributed by atoms with van der Waals surface area (Å²) in [7, 11) is 3.11. The number of rotatable bonds is 4. The number of methoxy groups -OCH3 is 1. The third kappa shape index (κ3) is 3.16. The van der Waals surface area contributed by atoms with Crippen LogP contribution in [0.15, 0.2) is 28.4 Å². The van der Waals surface area contributed by atoms with Gasteiger partial charge in [0, 0.05) is 30.3 Å². The monoisotopic (exact) mass is 345 g/mol. The number of hydrogen-bond acceptors (Lipinski definition) is 7. The van der Waals surface area contributed by atoms with E-state index >= 15 is 0 Å². The number of pyridine rings is 1. The molecule has 0 bridgehead atoms. The van der Waals surface area contributed by atoms with Crippen molar-refractivity contribution in [3.63, 3.8) is 0 Å². The molecule has 0 aliphatic heterocycles. The fourth-order valence-electron chi connectivity index (χ4n) is 2.28. The van der Waals surface area contributed by atoms with Crippen LogP contribution in [0.25, 0.3) is 11.0 Å². The van der Waals surface area contributed by atoms with Crippen molar-refractivity contribution >= 4 is 28.8 Å². The lowest BCUT2D eigenvalue weighted by atomic mass is 10.1. The predicted molar refractivity (Wildman–Crippen MR) is 89.0 cm³/mol. The molecule has 8 nitrogen and oxygen atoms in total. The molecule has 3 aromatic heterocycles. The molecule has 24 heavy (non-hydrogen) atoms. The Hall–Kier alpha value is -2.68. The van der Waals surface area contributed by atoms with Gasteiger partial charge in [-0.05, 0) is 13.0 Å². The molecule has 0 aromatic carbocycles. The molecule has 0 fully saturated rings. The minimum Gasteiger partial charge on any atom is -0.465 e. The number of aromatic nitrogens is 5. The molecule has 0 unspecified atom stereocenters. The molecule has 0 amide bonds. The summed E-state index contributed by atoms with van der Waals surface area (Å²) in [5.41, 5.74) is 1.58. The predicted octanol–water partition coefficient (Wildman–Crippen LogP) is 1.44. The van der Waals surface area contributed by atoms with E-state index < -0.39 is 11.5 Å². The number of carbonyl (C=O) groups excluding carboxylic acids is 1. The summed E-state index contributed by atoms with van der Waals surface area (Å²) in [6.07, 6.45) is 3.65. The summed E-state index contributed by atoms with van der Waals surface area (Å²) in [6, 6.07) is 1.52. The fourth-order valence-corrected chi connectivity index (χ4v) is 3.05. The minimum absolute atomic E-state index is 0.137. The van der Waals surface area contributed by atoms with Crippen molar-refractivity contribution in [2.45, 2.75) is 17.8 Å². The quantitative estimate of drug-likeness (QED) is 0.433. The number of ether oxygens (including phenoxy) is 1. The van der Waals surface area contributed by atoms with Gasteiger partial charge in [-0.1, -0.05) is 11.8 Å². The number of aromatic amines is 1. The van der Waals surface area contributed by atoms with Crippen molar-refractivity contribution in [2.75, 3.05) is 7.11 Å². The van der Waals surface area contributed by atoms with Gasteiger partial charge in [0.1, 0.15) is 0 Å². The lowest BCUT2D eigenvalue weighted by Crippen LogP contribution is -2.16. The maximum atomic E-state index is 12.4. The molecule has 0 radical (unpaired) electrons. The van der Waals surface area contributed by atoms with E-state index in [0.29, 0.717) is 16.6 Å². The van der Waals surface area contributed by atoms with Crippen LogP contribution in [0.3, 0.4) is 0 Å². The molecule has 3 rings (SSSR count). The normalized spacial score (nSPS) is 11.0. The van der Waals surface area contributed by atoms with Gasteiger partial charge in [0.25, 0.3) is 5.56 Å². The van der Waals surface area contributed by atoms with Crippen molar-refractivity contribution in [1.29, 1.82) is 0 Å². The van der Waals surface area contributed by atoms with E-state index in [0.717, 1.165) is 5.56 Å². The smallest absolute Gasteiger partial charge is 0.338 e. The van der Waals surface area contributed by atoms with E-state index in [4.69, 9.17) is 4.74 Å². The standard InChI is InChI=1S/C15H15N5O3S/c1-8-4-10(14(22)23-3)11-12(17-8)18-15(19-13(11)21)24-7-9-5-16-20(2)6-9/h4-6H,7H2,1-3H3,(H,17,18,19,21). The number of H-pyrrole nitrogens is 1. The van der Waals surface area contributed by atoms with E-state index in [9.17, 15) is 9.59 Å². The molecule has 0 aliphatic carbocycles. The van der Waals surface area contributed by atoms with Crippen molar-refractivity contribution in [3.05, 3.63) is 45.6 Å². The Morgan fingerprint density at radius 2 is 2.21 bits per heavy atom. The van der Waals surface area contributed by atoms with Gasteiger partial charge in [-0.2, -0.15) is 5.10 Å². The number of hydrogen-bond donors (Lipinski definition) is 1. The largest absolute Gasteiger partial charge is 0.465 e. The molecule has 124 valence electrons. The third-order valence-electron chi connectivity index (χ3n) is 3.32. The summed E-state index contributed by atoms with van der Waals surface area (Å²) in [6.45, 7) is 1.73. The zero-order chi connectivity index (χ0) is 17.3. The van der Waals surface area contributed by atoms with Crippen LogP contribution in [0.4, 0.5) is 0 Å². The Morgan fingerprint density at radius 1 is 1.42 bits per heavy atom. The highest BCUT2D eigenvalue weighted by Crippen LogP contribution is 2.21. The summed E-state index contributed by atoms with van der Waals surface area (Å²) >= 11 is 1.37. The molecule has 0 spiro atoms. The lowest BCUT2D eigenvalue weighted by Gasteiger charge is -2.06. The van der Waals surface area contributed by atoms with Crippen LogP contribution in [0.2, 0.25) is 0 Å². The third-order valence-corrected chi connectivity index (χ3v) is 4.27. The first kappa shape index (κ1) is 16.2. The number of esters is 1. The summed E-state index contributed by atoms with van der Waals surface area (Å²) in [4.78, 5) is 35.6. The van der Waals surface area contributed by atoms with Crippen molar-refractivity contribution in [1.82, 2.24) is 24.7 Å². The molecule has 3 heterocycles. The average Bonchev–Trinajstić information content (AvgIpc) is 2.96. The highest BCUT2D eigenvalue weighted by Gasteiger charge is 2.17. The van der Waals surface area contributed by atoms with Gasteiger partial charge >= 0.3 is 5.97 Å². The molecular weight excluding hydrogens is 330 g/mol. The molecule has 1 N–H and O–H groups in total. The topological polar surface area (TPSA) is 103 Å². The van der Waals surface area contributed by atoms with Gasteiger partial charge < -0.3 is 9.72 Å². The number of carbonyl (C=O) groups is 1. The Balaban J connectivity index is 2.00. The second kappa shape index (κ2) is 6.44. The Morgan fingerprint density at radius 3 is 2.88 bits per heavy atom. The van der Waals surface area contributed by atoms with E-state index in [1.165, 1.54) is 24.9 Å². The SMILES string of the molecule is COC(=O)c1cc(C)nc2nc(SCc3cnn(C)c3)[nH]c(=O)c12. The molecule has 0 aliphatic rings. The van der Waals surface area contributed by atoms with Crippen LogP contribution in [0.1, 0.15) is 21.6 Å². The number of fused-ring (bicyclic) bond motifs is 1. The summed E-state index contributed by atoms with van der Waals surface area (Å²) in [5.74, 6) is 0.0198. The Kier molecular flexibility index (Phi) is 4.34. The molecule has 3 aromatic rings. The van der Waals surface area contributed by atoms with Crippen molar-refractivity contribution < 1.29 is 9.53 Å². The lowest BCUT2D eigenvalue weighted by molar-refractivity contribution is 0.0602. The zero-order valence-corrected chi connectivity index (χ0v) is 14.2.